The number of amides is 2. The van der Waals surface area contributed by atoms with Crippen molar-refractivity contribution in [3.8, 4) is 17.1 Å². The molecule has 0 aliphatic carbocycles. The Balaban J connectivity index is 1.43. The van der Waals surface area contributed by atoms with Crippen LogP contribution in [0.1, 0.15) is 21.6 Å². The van der Waals surface area contributed by atoms with E-state index >= 15 is 0 Å². The molecule has 4 rings (SSSR count). The lowest BCUT2D eigenvalue weighted by molar-refractivity contribution is -0.115. The summed E-state index contributed by atoms with van der Waals surface area (Å²) >= 11 is 7.24. The molecule has 0 fully saturated rings. The maximum absolute atomic E-state index is 12.6. The number of hydrogen-bond acceptors (Lipinski definition) is 8. The Hall–Kier alpha value is -3.83. The Morgan fingerprint density at radius 3 is 2.81 bits per heavy atom. The molecule has 2 aromatic carbocycles. The Morgan fingerprint density at radius 2 is 2.03 bits per heavy atom. The summed E-state index contributed by atoms with van der Waals surface area (Å²) in [6.45, 7) is 1.82. The Kier molecular flexibility index (Phi) is 6.10. The van der Waals surface area contributed by atoms with Gasteiger partial charge in [-0.1, -0.05) is 23.2 Å². The number of hydrogen-bond donors (Lipinski definition) is 4. The van der Waals surface area contributed by atoms with E-state index < -0.39 is 5.91 Å². The van der Waals surface area contributed by atoms with Gasteiger partial charge in [0.1, 0.15) is 5.75 Å². The molecule has 0 aliphatic rings. The number of aromatic amines is 1. The van der Waals surface area contributed by atoms with Crippen molar-refractivity contribution in [2.24, 2.45) is 0 Å². The minimum Gasteiger partial charge on any atom is -0.507 e. The molecule has 10 nitrogen and oxygen atoms in total. The molecule has 0 aliphatic heterocycles. The molecular weight excluding hydrogens is 454 g/mol. The van der Waals surface area contributed by atoms with Crippen LogP contribution in [0.4, 0.5) is 10.8 Å². The average Bonchev–Trinajstić information content (AvgIpc) is 3.42. The number of tetrazole rings is 1. The second kappa shape index (κ2) is 9.12. The molecule has 0 spiro atoms. The third-order valence-electron chi connectivity index (χ3n) is 4.35. The topological polar surface area (TPSA) is 146 Å². The number of thiazole rings is 1. The number of carbonyl (C=O) groups excluding carboxylic acids is 2. The molecule has 12 heteroatoms. The van der Waals surface area contributed by atoms with Gasteiger partial charge in [0.15, 0.2) is 5.13 Å². The average molecular weight is 470 g/mol. The number of aromatic hydroxyl groups is 1. The lowest BCUT2D eigenvalue weighted by Crippen LogP contribution is -2.16. The summed E-state index contributed by atoms with van der Waals surface area (Å²) in [5.41, 5.74) is 2.45. The fourth-order valence-corrected chi connectivity index (χ4v) is 3.77. The predicted molar refractivity (Wildman–Crippen MR) is 120 cm³/mol. The number of H-pyrrole nitrogens is 1. The van der Waals surface area contributed by atoms with E-state index in [4.69, 9.17) is 11.6 Å². The van der Waals surface area contributed by atoms with Crippen LogP contribution in [0.2, 0.25) is 5.02 Å². The molecule has 4 N–H and O–H groups in total. The van der Waals surface area contributed by atoms with E-state index in [-0.39, 0.29) is 23.6 Å². The molecule has 0 bridgehead atoms. The number of anilines is 2. The maximum Gasteiger partial charge on any atom is 0.261 e. The van der Waals surface area contributed by atoms with Crippen LogP contribution in [0.3, 0.4) is 0 Å². The van der Waals surface area contributed by atoms with E-state index in [1.807, 2.05) is 6.92 Å². The lowest BCUT2D eigenvalue weighted by atomic mass is 10.1. The molecule has 2 aromatic heterocycles. The lowest BCUT2D eigenvalue weighted by Gasteiger charge is -2.09. The molecule has 0 atom stereocenters. The van der Waals surface area contributed by atoms with Crippen LogP contribution in [-0.4, -0.2) is 42.5 Å². The van der Waals surface area contributed by atoms with Gasteiger partial charge in [-0.3, -0.25) is 14.9 Å². The number of carbonyl (C=O) groups is 2. The number of aromatic nitrogens is 5. The quantitative estimate of drug-likeness (QED) is 0.338. The highest BCUT2D eigenvalue weighted by Gasteiger charge is 2.16. The third-order valence-corrected chi connectivity index (χ3v) is 5.39. The van der Waals surface area contributed by atoms with Crippen molar-refractivity contribution < 1.29 is 14.7 Å². The molecule has 2 amide bonds. The number of phenols is 1. The van der Waals surface area contributed by atoms with Crippen LogP contribution >= 0.6 is 22.9 Å². The van der Waals surface area contributed by atoms with Gasteiger partial charge < -0.3 is 10.4 Å². The van der Waals surface area contributed by atoms with Crippen LogP contribution in [0.5, 0.6) is 5.75 Å². The molecular formula is C20H16ClN7O3S. The standard InChI is InChI=1S/C20H16ClN7O3S/c1-10-2-5-16(29)14(6-10)19(31)24-20-22-12(9-32-20)8-17(30)23-15-7-11(21)3-4-13(15)18-25-27-28-26-18/h2-7,9,29H,8H2,1H3,(H,23,30)(H,22,24,31)(H,25,26,27,28). The van der Waals surface area contributed by atoms with Gasteiger partial charge >= 0.3 is 0 Å². The highest BCUT2D eigenvalue weighted by molar-refractivity contribution is 7.14. The van der Waals surface area contributed by atoms with Crippen LogP contribution < -0.4 is 10.6 Å². The molecule has 4 aromatic rings. The summed E-state index contributed by atoms with van der Waals surface area (Å²) in [4.78, 5) is 29.3. The first kappa shape index (κ1) is 21.4. The number of rotatable bonds is 6. The van der Waals surface area contributed by atoms with E-state index in [1.54, 1.807) is 35.7 Å². The van der Waals surface area contributed by atoms with Crippen molar-refractivity contribution >= 4 is 45.6 Å². The molecule has 0 radical (unpaired) electrons. The van der Waals surface area contributed by atoms with Gasteiger partial charge in [0.05, 0.1) is 23.4 Å². The number of halogens is 1. The third kappa shape index (κ3) is 4.90. The fourth-order valence-electron chi connectivity index (χ4n) is 2.89. The molecule has 2 heterocycles. The van der Waals surface area contributed by atoms with E-state index in [2.05, 4.69) is 36.2 Å². The van der Waals surface area contributed by atoms with Gasteiger partial charge in [0.2, 0.25) is 11.7 Å². The normalized spacial score (nSPS) is 10.7. The minimum atomic E-state index is -0.486. The summed E-state index contributed by atoms with van der Waals surface area (Å²) in [6.07, 6.45) is -0.0275. The van der Waals surface area contributed by atoms with E-state index in [9.17, 15) is 14.7 Å². The van der Waals surface area contributed by atoms with Crippen molar-refractivity contribution in [2.75, 3.05) is 10.6 Å². The first-order valence-electron chi connectivity index (χ1n) is 9.27. The zero-order valence-electron chi connectivity index (χ0n) is 16.6. The summed E-state index contributed by atoms with van der Waals surface area (Å²) in [7, 11) is 0. The predicted octanol–water partition coefficient (Wildman–Crippen LogP) is 3.42. The first-order valence-corrected chi connectivity index (χ1v) is 10.5. The Morgan fingerprint density at radius 1 is 1.19 bits per heavy atom. The summed E-state index contributed by atoms with van der Waals surface area (Å²) in [5.74, 6) is -0.630. The number of aryl methyl sites for hydroxylation is 1. The molecule has 0 unspecified atom stereocenters. The first-order chi connectivity index (χ1) is 15.4. The van der Waals surface area contributed by atoms with Crippen molar-refractivity contribution in [3.05, 3.63) is 63.6 Å². The van der Waals surface area contributed by atoms with Crippen molar-refractivity contribution in [2.45, 2.75) is 13.3 Å². The van der Waals surface area contributed by atoms with Crippen LogP contribution in [-0.2, 0) is 11.2 Å². The molecule has 162 valence electrons. The summed E-state index contributed by atoms with van der Waals surface area (Å²) in [6, 6.07) is 9.67. The van der Waals surface area contributed by atoms with Crippen LogP contribution in [0.25, 0.3) is 11.4 Å². The highest BCUT2D eigenvalue weighted by atomic mass is 35.5. The zero-order chi connectivity index (χ0) is 22.7. The van der Waals surface area contributed by atoms with Gasteiger partial charge in [-0.05, 0) is 42.5 Å². The van der Waals surface area contributed by atoms with Crippen LogP contribution in [0, 0.1) is 6.92 Å². The molecule has 32 heavy (non-hydrogen) atoms. The molecule has 0 saturated heterocycles. The SMILES string of the molecule is Cc1ccc(O)c(C(=O)Nc2nc(CC(=O)Nc3cc(Cl)ccc3-c3nn[nH]n3)cs2)c1. The van der Waals surface area contributed by atoms with Gasteiger partial charge in [0.25, 0.3) is 5.91 Å². The highest BCUT2D eigenvalue weighted by Crippen LogP contribution is 2.28. The minimum absolute atomic E-state index is 0.0275. The fraction of sp³-hybridized carbons (Fsp3) is 0.100. The van der Waals surface area contributed by atoms with Gasteiger partial charge in [0, 0.05) is 16.0 Å². The largest absolute Gasteiger partial charge is 0.507 e. The summed E-state index contributed by atoms with van der Waals surface area (Å²) in [5, 5.41) is 31.5. The Bertz CT molecular complexity index is 1290. The van der Waals surface area contributed by atoms with E-state index in [1.165, 1.54) is 17.4 Å². The van der Waals surface area contributed by atoms with Crippen molar-refractivity contribution in [1.82, 2.24) is 25.6 Å². The van der Waals surface area contributed by atoms with E-state index in [0.29, 0.717) is 32.9 Å². The summed E-state index contributed by atoms with van der Waals surface area (Å²) < 4.78 is 0. The van der Waals surface area contributed by atoms with Crippen molar-refractivity contribution in [3.63, 3.8) is 0 Å². The smallest absolute Gasteiger partial charge is 0.261 e. The molecule has 0 saturated carbocycles. The van der Waals surface area contributed by atoms with Gasteiger partial charge in [-0.2, -0.15) is 5.21 Å². The number of benzene rings is 2. The number of nitrogens with one attached hydrogen (secondary N) is 3. The number of phenolic OH excluding ortho intramolecular Hbond substituents is 1. The van der Waals surface area contributed by atoms with E-state index in [0.717, 1.165) is 5.56 Å². The van der Waals surface area contributed by atoms with Gasteiger partial charge in [-0.15, -0.1) is 21.5 Å². The second-order valence-corrected chi connectivity index (χ2v) is 8.06. The zero-order valence-corrected chi connectivity index (χ0v) is 18.2. The monoisotopic (exact) mass is 469 g/mol. The number of nitrogens with zero attached hydrogens (tertiary/aromatic N) is 4. The Labute approximate surface area is 190 Å². The second-order valence-electron chi connectivity index (χ2n) is 6.77. The van der Waals surface area contributed by atoms with Crippen molar-refractivity contribution in [1.29, 1.82) is 0 Å². The maximum atomic E-state index is 12.6. The van der Waals surface area contributed by atoms with Gasteiger partial charge in [-0.25, -0.2) is 4.98 Å². The van der Waals surface area contributed by atoms with Crippen LogP contribution in [0.15, 0.2) is 41.8 Å².